The highest BCUT2D eigenvalue weighted by Crippen LogP contribution is 2.28. The van der Waals surface area contributed by atoms with Gasteiger partial charge in [-0.25, -0.2) is 0 Å². The van der Waals surface area contributed by atoms with E-state index in [0.717, 1.165) is 28.4 Å². The molecule has 0 saturated carbocycles. The average Bonchev–Trinajstić information content (AvgIpc) is 3.26. The highest BCUT2D eigenvalue weighted by atomic mass is 16.5. The zero-order chi connectivity index (χ0) is 14.9. The number of aromatic amines is 2. The summed E-state index contributed by atoms with van der Waals surface area (Å²) in [5, 5.41) is 4.68. The minimum Gasteiger partial charge on any atom is -0.495 e. The predicted molar refractivity (Wildman–Crippen MR) is 88.0 cm³/mol. The van der Waals surface area contributed by atoms with E-state index in [0.29, 0.717) is 0 Å². The Labute approximate surface area is 128 Å². The molecule has 0 saturated heterocycles. The number of ether oxygens (including phenoxy) is 1. The van der Waals surface area contributed by atoms with Crippen LogP contribution in [0.15, 0.2) is 66.2 Å². The highest BCUT2D eigenvalue weighted by molar-refractivity contribution is 5.83. The average molecular weight is 291 g/mol. The van der Waals surface area contributed by atoms with Gasteiger partial charge in [0.05, 0.1) is 18.8 Å². The SMILES string of the molecule is COC1=CC(c2ccc[nH]2)N/C1=C\c1cc2ccccc2[nH]1. The molecular formula is C18H17N3O. The van der Waals surface area contributed by atoms with Crippen LogP contribution < -0.4 is 5.32 Å². The van der Waals surface area contributed by atoms with Gasteiger partial charge in [-0.15, -0.1) is 0 Å². The molecule has 4 nitrogen and oxygen atoms in total. The van der Waals surface area contributed by atoms with E-state index in [1.54, 1.807) is 7.11 Å². The van der Waals surface area contributed by atoms with E-state index in [1.165, 1.54) is 5.39 Å². The number of para-hydroxylation sites is 1. The molecular weight excluding hydrogens is 274 g/mol. The van der Waals surface area contributed by atoms with Gasteiger partial charge in [0.2, 0.25) is 0 Å². The lowest BCUT2D eigenvalue weighted by Crippen LogP contribution is -2.13. The molecule has 110 valence electrons. The number of rotatable bonds is 3. The quantitative estimate of drug-likeness (QED) is 0.689. The number of nitrogens with one attached hydrogen (secondary N) is 3. The molecule has 2 aromatic heterocycles. The van der Waals surface area contributed by atoms with Gasteiger partial charge < -0.3 is 20.0 Å². The van der Waals surface area contributed by atoms with Crippen molar-refractivity contribution in [3.8, 4) is 0 Å². The fourth-order valence-electron chi connectivity index (χ4n) is 2.85. The van der Waals surface area contributed by atoms with Crippen LogP contribution in [0, 0.1) is 0 Å². The second-order valence-corrected chi connectivity index (χ2v) is 5.35. The van der Waals surface area contributed by atoms with Gasteiger partial charge in [0.1, 0.15) is 5.76 Å². The molecule has 3 N–H and O–H groups in total. The van der Waals surface area contributed by atoms with Crippen molar-refractivity contribution in [2.75, 3.05) is 7.11 Å². The van der Waals surface area contributed by atoms with Gasteiger partial charge in [-0.2, -0.15) is 0 Å². The monoisotopic (exact) mass is 291 g/mol. The first-order valence-corrected chi connectivity index (χ1v) is 7.29. The lowest BCUT2D eigenvalue weighted by Gasteiger charge is -2.09. The molecule has 0 radical (unpaired) electrons. The summed E-state index contributed by atoms with van der Waals surface area (Å²) in [6, 6.07) is 14.6. The molecule has 0 amide bonds. The third-order valence-electron chi connectivity index (χ3n) is 3.92. The van der Waals surface area contributed by atoms with Gasteiger partial charge in [-0.05, 0) is 41.8 Å². The number of methoxy groups -OCH3 is 1. The molecule has 1 unspecified atom stereocenters. The van der Waals surface area contributed by atoms with Crippen LogP contribution in [0.2, 0.25) is 0 Å². The van der Waals surface area contributed by atoms with Gasteiger partial charge in [-0.1, -0.05) is 18.2 Å². The Bertz CT molecular complexity index is 822. The minimum absolute atomic E-state index is 0.112. The Morgan fingerprint density at radius 3 is 2.82 bits per heavy atom. The van der Waals surface area contributed by atoms with E-state index in [9.17, 15) is 0 Å². The summed E-state index contributed by atoms with van der Waals surface area (Å²) in [5.41, 5.74) is 4.29. The van der Waals surface area contributed by atoms with E-state index < -0.39 is 0 Å². The van der Waals surface area contributed by atoms with Crippen LogP contribution in [0.25, 0.3) is 17.0 Å². The molecule has 1 aromatic carbocycles. The van der Waals surface area contributed by atoms with E-state index in [-0.39, 0.29) is 6.04 Å². The van der Waals surface area contributed by atoms with E-state index >= 15 is 0 Å². The second kappa shape index (κ2) is 5.15. The van der Waals surface area contributed by atoms with E-state index in [2.05, 4.69) is 51.7 Å². The van der Waals surface area contributed by atoms with Crippen molar-refractivity contribution in [3.63, 3.8) is 0 Å². The number of H-pyrrole nitrogens is 2. The summed E-state index contributed by atoms with van der Waals surface area (Å²) in [4.78, 5) is 6.64. The Morgan fingerprint density at radius 1 is 1.14 bits per heavy atom. The topological polar surface area (TPSA) is 52.8 Å². The largest absolute Gasteiger partial charge is 0.495 e. The zero-order valence-corrected chi connectivity index (χ0v) is 12.3. The van der Waals surface area contributed by atoms with Crippen LogP contribution in [0.5, 0.6) is 0 Å². The lowest BCUT2D eigenvalue weighted by atomic mass is 10.2. The van der Waals surface area contributed by atoms with Crippen molar-refractivity contribution in [1.29, 1.82) is 0 Å². The van der Waals surface area contributed by atoms with Crippen molar-refractivity contribution in [2.45, 2.75) is 6.04 Å². The number of benzene rings is 1. The van der Waals surface area contributed by atoms with Crippen molar-refractivity contribution < 1.29 is 4.74 Å². The molecule has 4 heteroatoms. The first-order chi connectivity index (χ1) is 10.8. The van der Waals surface area contributed by atoms with Crippen molar-refractivity contribution in [1.82, 2.24) is 15.3 Å². The lowest BCUT2D eigenvalue weighted by molar-refractivity contribution is 0.302. The Morgan fingerprint density at radius 2 is 2.05 bits per heavy atom. The smallest absolute Gasteiger partial charge is 0.140 e. The van der Waals surface area contributed by atoms with E-state index in [4.69, 9.17) is 4.74 Å². The van der Waals surface area contributed by atoms with Crippen LogP contribution in [0.1, 0.15) is 17.4 Å². The highest BCUT2D eigenvalue weighted by Gasteiger charge is 2.22. The van der Waals surface area contributed by atoms with Crippen LogP contribution in [0.4, 0.5) is 0 Å². The van der Waals surface area contributed by atoms with Gasteiger partial charge in [0.15, 0.2) is 0 Å². The molecule has 0 bridgehead atoms. The summed E-state index contributed by atoms with van der Waals surface area (Å²) in [6.07, 6.45) is 6.09. The Balaban J connectivity index is 1.68. The molecule has 1 atom stereocenters. The normalized spacial score (nSPS) is 19.4. The Hall–Kier alpha value is -2.88. The molecule has 3 heterocycles. The minimum atomic E-state index is 0.112. The van der Waals surface area contributed by atoms with Gasteiger partial charge in [0.25, 0.3) is 0 Å². The predicted octanol–water partition coefficient (Wildman–Crippen LogP) is 3.71. The van der Waals surface area contributed by atoms with Crippen LogP contribution in [-0.2, 0) is 4.74 Å². The first kappa shape index (κ1) is 12.8. The van der Waals surface area contributed by atoms with Crippen molar-refractivity contribution >= 4 is 17.0 Å². The molecule has 4 rings (SSSR count). The second-order valence-electron chi connectivity index (χ2n) is 5.35. The summed E-state index contributed by atoms with van der Waals surface area (Å²) in [7, 11) is 1.70. The van der Waals surface area contributed by atoms with Crippen LogP contribution in [0.3, 0.4) is 0 Å². The summed E-state index contributed by atoms with van der Waals surface area (Å²) in [5.74, 6) is 0.859. The van der Waals surface area contributed by atoms with Gasteiger partial charge in [-0.3, -0.25) is 0 Å². The van der Waals surface area contributed by atoms with Crippen LogP contribution in [-0.4, -0.2) is 17.1 Å². The Kier molecular flexibility index (Phi) is 3.00. The van der Waals surface area contributed by atoms with Crippen molar-refractivity contribution in [3.05, 3.63) is 77.6 Å². The standard InChI is InChI=1S/C18H17N3O/c1-22-18-11-16(15-7-4-8-19-15)21-17(18)10-13-9-12-5-2-3-6-14(12)20-13/h2-11,16,19-21H,1H3/b17-10-. The first-order valence-electron chi connectivity index (χ1n) is 7.29. The van der Waals surface area contributed by atoms with E-state index in [1.807, 2.05) is 24.4 Å². The van der Waals surface area contributed by atoms with Gasteiger partial charge in [0, 0.05) is 23.1 Å². The molecule has 22 heavy (non-hydrogen) atoms. The molecule has 3 aromatic rings. The maximum atomic E-state index is 5.50. The summed E-state index contributed by atoms with van der Waals surface area (Å²) < 4.78 is 5.50. The maximum Gasteiger partial charge on any atom is 0.140 e. The molecule has 1 aliphatic heterocycles. The third kappa shape index (κ3) is 2.19. The number of fused-ring (bicyclic) bond motifs is 1. The molecule has 0 spiro atoms. The molecule has 0 aliphatic carbocycles. The number of aromatic nitrogens is 2. The van der Waals surface area contributed by atoms with Crippen molar-refractivity contribution in [2.24, 2.45) is 0 Å². The number of hydrogen-bond donors (Lipinski definition) is 3. The number of hydrogen-bond acceptors (Lipinski definition) is 2. The zero-order valence-electron chi connectivity index (χ0n) is 12.3. The fraction of sp³-hybridized carbons (Fsp3) is 0.111. The maximum absolute atomic E-state index is 5.50. The van der Waals surface area contributed by atoms with Gasteiger partial charge >= 0.3 is 0 Å². The summed E-state index contributed by atoms with van der Waals surface area (Å²) in [6.45, 7) is 0. The third-order valence-corrected chi connectivity index (χ3v) is 3.92. The fourth-order valence-corrected chi connectivity index (χ4v) is 2.85. The summed E-state index contributed by atoms with van der Waals surface area (Å²) >= 11 is 0. The molecule has 0 fully saturated rings. The van der Waals surface area contributed by atoms with Crippen LogP contribution >= 0.6 is 0 Å². The molecule has 1 aliphatic rings.